The number of carbonyl (C=O) groups is 3. The van der Waals surface area contributed by atoms with Gasteiger partial charge in [0.2, 0.25) is 5.91 Å². The molecule has 2 aliphatic heterocycles. The summed E-state index contributed by atoms with van der Waals surface area (Å²) in [6.07, 6.45) is 3.14. The molecule has 4 aliphatic rings. The number of aliphatic hydroxyl groups excluding tert-OH is 1. The maximum absolute atomic E-state index is 14.1. The third kappa shape index (κ3) is 7.23. The van der Waals surface area contributed by atoms with Crippen LogP contribution in [0, 0.1) is 17.8 Å². The number of hydrogen-bond donors (Lipinski definition) is 5. The lowest BCUT2D eigenvalue weighted by Gasteiger charge is -2.40. The predicted molar refractivity (Wildman–Crippen MR) is 248 cm³/mol. The van der Waals surface area contributed by atoms with E-state index in [9.17, 15) is 19.5 Å². The number of amides is 3. The Labute approximate surface area is 376 Å². The molecular weight excluding hydrogens is 821 g/mol. The number of hydrogen-bond acceptors (Lipinski definition) is 9. The Bertz CT molecular complexity index is 2990. The number of fused-ring (bicyclic) bond motifs is 9. The number of aromatic nitrogens is 4. The van der Waals surface area contributed by atoms with Gasteiger partial charge in [-0.1, -0.05) is 80.6 Å². The van der Waals surface area contributed by atoms with Crippen molar-refractivity contribution in [3.05, 3.63) is 108 Å². The monoisotopic (exact) mass is 874 g/mol. The van der Waals surface area contributed by atoms with Crippen molar-refractivity contribution >= 4 is 61.7 Å². The van der Waals surface area contributed by atoms with Crippen molar-refractivity contribution in [1.29, 1.82) is 0 Å². The van der Waals surface area contributed by atoms with Crippen LogP contribution in [0.2, 0.25) is 0 Å². The second-order valence-corrected chi connectivity index (χ2v) is 19.0. The van der Waals surface area contributed by atoms with Gasteiger partial charge in [-0.3, -0.25) is 9.69 Å². The van der Waals surface area contributed by atoms with E-state index in [1.54, 1.807) is 0 Å². The molecule has 0 radical (unpaired) electrons. The number of alkyl carbamates (subject to hydrolysis) is 2. The van der Waals surface area contributed by atoms with Crippen LogP contribution >= 0.6 is 0 Å². The maximum atomic E-state index is 14.1. The number of nitrogens with zero attached hydrogens (tertiary/aromatic N) is 4. The second-order valence-electron chi connectivity index (χ2n) is 19.0. The third-order valence-electron chi connectivity index (χ3n) is 14.6. The predicted octanol–water partition coefficient (Wildman–Crippen LogP) is 8.79. The highest BCUT2D eigenvalue weighted by Crippen LogP contribution is 2.54. The van der Waals surface area contributed by atoms with Gasteiger partial charge in [0.15, 0.2) is 0 Å². The normalized spacial score (nSPS) is 23.9. The molecule has 2 aromatic heterocycles. The number of methoxy groups -OCH3 is 2. The molecule has 2 aliphatic carbocycles. The molecule has 5 N–H and O–H groups in total. The smallest absolute Gasteiger partial charge is 0.407 e. The number of aliphatic hydroxyl groups is 1. The van der Waals surface area contributed by atoms with Crippen LogP contribution in [0.1, 0.15) is 87.7 Å². The van der Waals surface area contributed by atoms with Gasteiger partial charge in [0.05, 0.1) is 54.4 Å². The van der Waals surface area contributed by atoms with Crippen molar-refractivity contribution in [1.82, 2.24) is 40.4 Å². The highest BCUT2D eigenvalue weighted by atomic mass is 16.5. The van der Waals surface area contributed by atoms with Gasteiger partial charge < -0.3 is 40.1 Å². The zero-order chi connectivity index (χ0) is 44.7. The van der Waals surface area contributed by atoms with Gasteiger partial charge in [-0.2, -0.15) is 0 Å². The topological polar surface area (TPSA) is 178 Å². The first kappa shape index (κ1) is 41.2. The zero-order valence-electron chi connectivity index (χ0n) is 37.0. The minimum atomic E-state index is -0.998. The summed E-state index contributed by atoms with van der Waals surface area (Å²) in [7, 11) is 2.65. The minimum absolute atomic E-state index is 0.0793. The first-order valence-electron chi connectivity index (χ1n) is 22.9. The molecule has 14 nitrogen and oxygen atoms in total. The van der Waals surface area contributed by atoms with Crippen molar-refractivity contribution in [3.8, 4) is 11.1 Å². The zero-order valence-corrected chi connectivity index (χ0v) is 37.0. The Morgan fingerprint density at radius 2 is 1.38 bits per heavy atom. The molecule has 7 aromatic rings. The first-order chi connectivity index (χ1) is 31.6. The van der Waals surface area contributed by atoms with Gasteiger partial charge in [-0.15, -0.1) is 0 Å². The largest absolute Gasteiger partial charge is 0.453 e. The highest BCUT2D eigenvalue weighted by Gasteiger charge is 2.56. The number of rotatable bonds is 11. The lowest BCUT2D eigenvalue weighted by atomic mass is 9.96. The van der Waals surface area contributed by atoms with Crippen LogP contribution in [-0.4, -0.2) is 91.5 Å². The summed E-state index contributed by atoms with van der Waals surface area (Å²) < 4.78 is 9.84. The Balaban J connectivity index is 0.869. The summed E-state index contributed by atoms with van der Waals surface area (Å²) in [5.74, 6) is 2.49. The van der Waals surface area contributed by atoms with E-state index in [1.807, 2.05) is 55.1 Å². The van der Waals surface area contributed by atoms with Crippen LogP contribution in [0.3, 0.4) is 0 Å². The summed E-state index contributed by atoms with van der Waals surface area (Å²) in [4.78, 5) is 60.5. The lowest BCUT2D eigenvalue weighted by Crippen LogP contribution is -2.50. The SMILES string of the molecule is COC(=O)N[C@@H](CC(C)C)C(=O)N1C(c2nc3ccc4cc(-c5ccc6c(ccc7nc(C8[C@H]9CC[C@H](C9)N8C(O)[C@H](NC(=O)OC)c8ccccc8)[nH]c76)c5)ccc4c3[nH]2)C[C@H]2C[C@H]21. The standard InChI is InChI=1S/C51H54N8O6/c1-26(2)20-39(54-50(62)64-3)48(60)59-40-24-33(40)25-41(59)46-52-37-18-13-30-21-28(11-16-35(30)43(37)55-46)29-12-17-36-31(22-29)14-19-38-44(36)56-47(53-38)45-32-10-15-34(23-32)58(45)49(61)42(57-51(63)65-4)27-8-6-5-7-9-27/h5-9,11-14,16-19,21-22,26,32-34,39-42,45,49,61H,10,15,20,23-25H2,1-4H3,(H,52,55)(H,53,56)(H,54,62)(H,57,63)/t32-,33+,34+,39-,40+,41?,42+,45?,49?/m0/s1. The second kappa shape index (κ2) is 16.2. The van der Waals surface area contributed by atoms with E-state index < -0.39 is 30.5 Å². The van der Waals surface area contributed by atoms with Gasteiger partial charge in [0, 0.05) is 22.9 Å². The molecule has 3 amide bonds. The molecule has 4 fully saturated rings. The van der Waals surface area contributed by atoms with Crippen LogP contribution in [0.5, 0.6) is 0 Å². The molecule has 11 rings (SSSR count). The molecule has 5 aromatic carbocycles. The molecular formula is C51H54N8O6. The fraction of sp³-hybridized carbons (Fsp3) is 0.392. The summed E-state index contributed by atoms with van der Waals surface area (Å²) in [5, 5.41) is 22.1. The van der Waals surface area contributed by atoms with Crippen LogP contribution < -0.4 is 10.6 Å². The quantitative estimate of drug-likeness (QED) is 0.0850. The van der Waals surface area contributed by atoms with Gasteiger partial charge in [-0.05, 0) is 108 Å². The fourth-order valence-corrected chi connectivity index (χ4v) is 11.5. The molecule has 334 valence electrons. The Morgan fingerprint density at radius 3 is 2.03 bits per heavy atom. The molecule has 9 atom stereocenters. The minimum Gasteiger partial charge on any atom is -0.453 e. The number of H-pyrrole nitrogens is 2. The van der Waals surface area contributed by atoms with E-state index in [-0.39, 0.29) is 36.0 Å². The van der Waals surface area contributed by atoms with Crippen LogP contribution in [0.25, 0.3) is 54.7 Å². The maximum Gasteiger partial charge on any atom is 0.407 e. The van der Waals surface area contributed by atoms with Crippen molar-refractivity contribution in [2.24, 2.45) is 17.8 Å². The number of carbonyl (C=O) groups excluding carboxylic acids is 3. The molecule has 2 saturated carbocycles. The van der Waals surface area contributed by atoms with E-state index in [0.717, 1.165) is 104 Å². The van der Waals surface area contributed by atoms with E-state index in [2.05, 4.69) is 80.1 Å². The number of piperidine rings is 2. The Hall–Kier alpha value is -6.51. The number of imidazole rings is 2. The summed E-state index contributed by atoms with van der Waals surface area (Å²) in [6.45, 7) is 4.09. The molecule has 0 spiro atoms. The van der Waals surface area contributed by atoms with Gasteiger partial charge >= 0.3 is 12.2 Å². The van der Waals surface area contributed by atoms with Gasteiger partial charge in [-0.25, -0.2) is 19.6 Å². The highest BCUT2D eigenvalue weighted by molar-refractivity contribution is 6.07. The van der Waals surface area contributed by atoms with Crippen molar-refractivity contribution in [3.63, 3.8) is 0 Å². The molecule has 65 heavy (non-hydrogen) atoms. The number of ether oxygens (including phenoxy) is 2. The molecule has 14 heteroatoms. The number of nitrogens with one attached hydrogen (secondary N) is 4. The van der Waals surface area contributed by atoms with E-state index in [0.29, 0.717) is 18.3 Å². The third-order valence-corrected chi connectivity index (χ3v) is 14.6. The van der Waals surface area contributed by atoms with E-state index in [1.165, 1.54) is 14.2 Å². The van der Waals surface area contributed by atoms with E-state index >= 15 is 0 Å². The first-order valence-corrected chi connectivity index (χ1v) is 22.9. The lowest BCUT2D eigenvalue weighted by molar-refractivity contribution is -0.136. The van der Waals surface area contributed by atoms with Crippen molar-refractivity contribution < 1.29 is 29.0 Å². The van der Waals surface area contributed by atoms with Gasteiger partial charge in [0.25, 0.3) is 0 Å². The van der Waals surface area contributed by atoms with Crippen LogP contribution in [0.4, 0.5) is 9.59 Å². The number of aromatic amines is 2. The molecule has 2 bridgehead atoms. The summed E-state index contributed by atoms with van der Waals surface area (Å²) in [6, 6.07) is 29.6. The van der Waals surface area contributed by atoms with Crippen LogP contribution in [0.15, 0.2) is 91.0 Å². The summed E-state index contributed by atoms with van der Waals surface area (Å²) in [5.41, 5.74) is 6.60. The number of benzene rings is 5. The van der Waals surface area contributed by atoms with Crippen LogP contribution in [-0.2, 0) is 14.3 Å². The Morgan fingerprint density at radius 1 is 0.754 bits per heavy atom. The fourth-order valence-electron chi connectivity index (χ4n) is 11.5. The molecule has 4 heterocycles. The Kier molecular flexibility index (Phi) is 10.3. The summed E-state index contributed by atoms with van der Waals surface area (Å²) >= 11 is 0. The van der Waals surface area contributed by atoms with Crippen molar-refractivity contribution in [2.75, 3.05) is 14.2 Å². The van der Waals surface area contributed by atoms with Gasteiger partial charge in [0.1, 0.15) is 23.9 Å². The van der Waals surface area contributed by atoms with E-state index in [4.69, 9.17) is 19.4 Å². The average Bonchev–Trinajstić information content (AvgIpc) is 3.91. The number of likely N-dealkylation sites (tertiary alicyclic amines) is 2. The average molecular weight is 875 g/mol. The molecule has 3 unspecified atom stereocenters. The molecule has 2 saturated heterocycles. The van der Waals surface area contributed by atoms with Crippen molar-refractivity contribution in [2.45, 2.75) is 94.9 Å².